The zero-order valence-corrected chi connectivity index (χ0v) is 13.5. The maximum Gasteiger partial charge on any atom is 0.0502 e. The van der Waals surface area contributed by atoms with Crippen LogP contribution in [-0.4, -0.2) is 23.5 Å². The van der Waals surface area contributed by atoms with Crippen LogP contribution in [0.4, 0.5) is 0 Å². The second-order valence-electron chi connectivity index (χ2n) is 6.81. The topological polar surface area (TPSA) is 29.3 Å². The Morgan fingerprint density at radius 2 is 1.85 bits per heavy atom. The van der Waals surface area contributed by atoms with E-state index in [1.807, 2.05) is 0 Å². The van der Waals surface area contributed by atoms with E-state index in [-0.39, 0.29) is 6.04 Å². The quantitative estimate of drug-likeness (QED) is 0.817. The minimum Gasteiger partial charge on any atom is -0.326 e. The Morgan fingerprint density at radius 3 is 2.35 bits per heavy atom. The molecule has 1 aromatic rings. The molecule has 0 heterocycles. The molecule has 2 unspecified atom stereocenters. The average molecular weight is 274 g/mol. The van der Waals surface area contributed by atoms with E-state index in [9.17, 15) is 0 Å². The summed E-state index contributed by atoms with van der Waals surface area (Å²) in [6, 6.07) is 10.0. The molecule has 20 heavy (non-hydrogen) atoms. The monoisotopic (exact) mass is 274 g/mol. The lowest BCUT2D eigenvalue weighted by atomic mass is 9.94. The normalized spacial score (nSPS) is 18.6. The molecule has 0 aromatic heterocycles. The van der Waals surface area contributed by atoms with E-state index in [1.54, 1.807) is 0 Å². The number of hydrogen-bond acceptors (Lipinski definition) is 2. The van der Waals surface area contributed by atoms with Crippen molar-refractivity contribution < 1.29 is 0 Å². The third-order valence-corrected chi connectivity index (χ3v) is 4.34. The molecule has 1 saturated carbocycles. The summed E-state index contributed by atoms with van der Waals surface area (Å²) in [5.41, 5.74) is 9.15. The number of benzene rings is 1. The van der Waals surface area contributed by atoms with Gasteiger partial charge in [0.1, 0.15) is 0 Å². The summed E-state index contributed by atoms with van der Waals surface area (Å²) < 4.78 is 0. The van der Waals surface area contributed by atoms with Gasteiger partial charge in [0.2, 0.25) is 0 Å². The molecule has 0 amide bonds. The lowest BCUT2D eigenvalue weighted by Crippen LogP contribution is -2.42. The van der Waals surface area contributed by atoms with E-state index in [0.717, 1.165) is 12.0 Å². The van der Waals surface area contributed by atoms with Crippen LogP contribution in [0.5, 0.6) is 0 Å². The predicted molar refractivity (Wildman–Crippen MR) is 86.8 cm³/mol. The van der Waals surface area contributed by atoms with Gasteiger partial charge in [-0.15, -0.1) is 0 Å². The maximum atomic E-state index is 6.37. The van der Waals surface area contributed by atoms with Gasteiger partial charge in [-0.2, -0.15) is 0 Å². The summed E-state index contributed by atoms with van der Waals surface area (Å²) in [4.78, 5) is 2.67. The number of aryl methyl sites for hydroxylation is 1. The summed E-state index contributed by atoms with van der Waals surface area (Å²) >= 11 is 0. The van der Waals surface area contributed by atoms with Crippen molar-refractivity contribution in [1.82, 2.24) is 4.90 Å². The van der Waals surface area contributed by atoms with Crippen molar-refractivity contribution in [2.45, 2.75) is 65.1 Å². The van der Waals surface area contributed by atoms with Crippen LogP contribution < -0.4 is 5.73 Å². The van der Waals surface area contributed by atoms with E-state index in [2.05, 4.69) is 56.9 Å². The Morgan fingerprint density at radius 1 is 1.20 bits per heavy atom. The molecular weight excluding hydrogens is 244 g/mol. The Labute approximate surface area is 124 Å². The van der Waals surface area contributed by atoms with Crippen molar-refractivity contribution in [2.24, 2.45) is 11.7 Å². The van der Waals surface area contributed by atoms with Crippen molar-refractivity contribution in [3.05, 3.63) is 35.4 Å². The lowest BCUT2D eigenvalue weighted by Gasteiger charge is -2.36. The minimum absolute atomic E-state index is 0.170. The third-order valence-electron chi connectivity index (χ3n) is 4.34. The molecule has 0 aliphatic heterocycles. The first-order valence-electron chi connectivity index (χ1n) is 8.07. The van der Waals surface area contributed by atoms with Gasteiger partial charge in [0.15, 0.2) is 0 Å². The van der Waals surface area contributed by atoms with Crippen LogP contribution in [-0.2, 0) is 0 Å². The minimum atomic E-state index is 0.170. The van der Waals surface area contributed by atoms with E-state index in [0.29, 0.717) is 6.04 Å². The number of hydrogen-bond donors (Lipinski definition) is 1. The van der Waals surface area contributed by atoms with Crippen LogP contribution in [0.25, 0.3) is 0 Å². The summed E-state index contributed by atoms with van der Waals surface area (Å²) in [6.45, 7) is 10.1. The molecule has 2 atom stereocenters. The Hall–Kier alpha value is -0.860. The molecule has 0 radical (unpaired) electrons. The maximum absolute atomic E-state index is 6.37. The van der Waals surface area contributed by atoms with Crippen LogP contribution in [0, 0.1) is 12.8 Å². The lowest BCUT2D eigenvalue weighted by molar-refractivity contribution is 0.157. The molecule has 0 spiro atoms. The van der Waals surface area contributed by atoms with Crippen LogP contribution >= 0.6 is 0 Å². The Bertz CT molecular complexity index is 421. The van der Waals surface area contributed by atoms with E-state index in [1.165, 1.54) is 36.9 Å². The van der Waals surface area contributed by atoms with Gasteiger partial charge in [0, 0.05) is 12.1 Å². The molecule has 1 fully saturated rings. The van der Waals surface area contributed by atoms with Crippen LogP contribution in [0.15, 0.2) is 24.3 Å². The molecule has 2 nitrogen and oxygen atoms in total. The van der Waals surface area contributed by atoms with Crippen LogP contribution in [0.1, 0.15) is 57.2 Å². The highest BCUT2D eigenvalue weighted by atomic mass is 15.2. The van der Waals surface area contributed by atoms with Gasteiger partial charge < -0.3 is 5.73 Å². The van der Waals surface area contributed by atoms with Crippen LogP contribution in [0.3, 0.4) is 0 Å². The molecule has 112 valence electrons. The molecule has 2 rings (SSSR count). The van der Waals surface area contributed by atoms with Crippen molar-refractivity contribution >= 4 is 0 Å². The second kappa shape index (κ2) is 6.73. The van der Waals surface area contributed by atoms with Gasteiger partial charge in [-0.05, 0) is 56.7 Å². The number of nitrogens with zero attached hydrogens (tertiary/aromatic N) is 1. The summed E-state index contributed by atoms with van der Waals surface area (Å²) in [7, 11) is 0. The number of nitrogens with two attached hydrogens (primary N) is 1. The number of rotatable bonds is 7. The van der Waals surface area contributed by atoms with E-state index >= 15 is 0 Å². The van der Waals surface area contributed by atoms with Crippen molar-refractivity contribution in [3.63, 3.8) is 0 Å². The summed E-state index contributed by atoms with van der Waals surface area (Å²) in [5, 5.41) is 0. The molecule has 1 aromatic carbocycles. The van der Waals surface area contributed by atoms with Gasteiger partial charge in [-0.1, -0.05) is 38.1 Å². The SMILES string of the molecule is Cc1ccccc1C(C(C)N)N(CCC(C)C)C1CC1. The highest BCUT2D eigenvalue weighted by Crippen LogP contribution is 2.37. The third kappa shape index (κ3) is 3.83. The molecule has 1 aliphatic rings. The van der Waals surface area contributed by atoms with E-state index < -0.39 is 0 Å². The molecule has 1 aliphatic carbocycles. The van der Waals surface area contributed by atoms with Crippen molar-refractivity contribution in [3.8, 4) is 0 Å². The Balaban J connectivity index is 2.23. The standard InChI is InChI=1S/C18H30N2/c1-13(2)11-12-20(16-9-10-16)18(15(4)19)17-8-6-5-7-14(17)3/h5-8,13,15-16,18H,9-12,19H2,1-4H3. The molecule has 0 saturated heterocycles. The van der Waals surface area contributed by atoms with Gasteiger partial charge >= 0.3 is 0 Å². The first-order chi connectivity index (χ1) is 9.50. The van der Waals surface area contributed by atoms with Gasteiger partial charge in [0.25, 0.3) is 0 Å². The second-order valence-corrected chi connectivity index (χ2v) is 6.81. The zero-order chi connectivity index (χ0) is 14.7. The first kappa shape index (κ1) is 15.5. The molecule has 0 bridgehead atoms. The molecule has 2 heteroatoms. The predicted octanol–water partition coefficient (Wildman–Crippen LogP) is 3.89. The van der Waals surface area contributed by atoms with Gasteiger partial charge in [-0.3, -0.25) is 4.90 Å². The highest BCUT2D eigenvalue weighted by molar-refractivity contribution is 5.30. The zero-order valence-electron chi connectivity index (χ0n) is 13.5. The van der Waals surface area contributed by atoms with Crippen molar-refractivity contribution in [1.29, 1.82) is 0 Å². The molecular formula is C18H30N2. The van der Waals surface area contributed by atoms with Gasteiger partial charge in [-0.25, -0.2) is 0 Å². The fourth-order valence-corrected chi connectivity index (χ4v) is 3.04. The first-order valence-corrected chi connectivity index (χ1v) is 8.07. The smallest absolute Gasteiger partial charge is 0.0502 e. The fraction of sp³-hybridized carbons (Fsp3) is 0.667. The fourth-order valence-electron chi connectivity index (χ4n) is 3.04. The molecule has 2 N–H and O–H groups in total. The van der Waals surface area contributed by atoms with E-state index in [4.69, 9.17) is 5.73 Å². The summed E-state index contributed by atoms with van der Waals surface area (Å²) in [5.74, 6) is 0.752. The Kier molecular flexibility index (Phi) is 5.22. The van der Waals surface area contributed by atoms with Gasteiger partial charge in [0.05, 0.1) is 6.04 Å². The van der Waals surface area contributed by atoms with Crippen molar-refractivity contribution in [2.75, 3.05) is 6.54 Å². The average Bonchev–Trinajstić information content (AvgIpc) is 3.19. The largest absolute Gasteiger partial charge is 0.326 e. The highest BCUT2D eigenvalue weighted by Gasteiger charge is 2.36. The van der Waals surface area contributed by atoms with Crippen LogP contribution in [0.2, 0.25) is 0 Å². The summed E-state index contributed by atoms with van der Waals surface area (Å²) in [6.07, 6.45) is 3.94.